The molecule has 1 aromatic carbocycles. The van der Waals surface area contributed by atoms with Crippen molar-refractivity contribution in [1.29, 1.82) is 5.26 Å². The van der Waals surface area contributed by atoms with E-state index in [-0.39, 0.29) is 17.7 Å². The van der Waals surface area contributed by atoms with Gasteiger partial charge in [-0.3, -0.25) is 4.79 Å². The summed E-state index contributed by atoms with van der Waals surface area (Å²) in [7, 11) is 0. The van der Waals surface area contributed by atoms with Gasteiger partial charge in [0.25, 0.3) is 5.56 Å². The van der Waals surface area contributed by atoms with Crippen molar-refractivity contribution in [2.24, 2.45) is 0 Å². The number of hydrogen-bond acceptors (Lipinski definition) is 3. The first-order valence-corrected chi connectivity index (χ1v) is 4.92. The third kappa shape index (κ3) is 1.63. The Bertz CT molecular complexity index is 623. The molecular weight excluding hydrogens is 204 g/mol. The Morgan fingerprint density at radius 1 is 1.38 bits per heavy atom. The third-order valence-corrected chi connectivity index (χ3v) is 2.44. The van der Waals surface area contributed by atoms with Gasteiger partial charge in [-0.05, 0) is 12.1 Å². The van der Waals surface area contributed by atoms with Gasteiger partial charge in [0, 0.05) is 18.0 Å². The molecule has 4 nitrogen and oxygen atoms in total. The van der Waals surface area contributed by atoms with Crippen LogP contribution in [0.2, 0.25) is 0 Å². The number of aromatic hydroxyl groups is 1. The molecule has 80 valence electrons. The van der Waals surface area contributed by atoms with Gasteiger partial charge in [-0.2, -0.15) is 5.26 Å². The van der Waals surface area contributed by atoms with E-state index in [2.05, 4.69) is 0 Å². The number of pyridine rings is 1. The van der Waals surface area contributed by atoms with Crippen LogP contribution in [0.25, 0.3) is 10.9 Å². The van der Waals surface area contributed by atoms with Crippen molar-refractivity contribution in [3.05, 3.63) is 40.7 Å². The Morgan fingerprint density at radius 2 is 2.12 bits per heavy atom. The van der Waals surface area contributed by atoms with Crippen molar-refractivity contribution < 1.29 is 5.11 Å². The second-order valence-electron chi connectivity index (χ2n) is 3.44. The lowest BCUT2D eigenvalue weighted by Gasteiger charge is -2.08. The van der Waals surface area contributed by atoms with E-state index in [1.54, 1.807) is 24.3 Å². The summed E-state index contributed by atoms with van der Waals surface area (Å²) in [5.74, 6) is -0.0196. The molecule has 0 bridgehead atoms. The maximum Gasteiger partial charge on any atom is 0.254 e. The summed E-state index contributed by atoms with van der Waals surface area (Å²) in [4.78, 5) is 11.7. The number of hydrogen-bond donors (Lipinski definition) is 1. The molecule has 0 aliphatic heterocycles. The molecule has 0 saturated carbocycles. The van der Waals surface area contributed by atoms with Gasteiger partial charge in [-0.25, -0.2) is 0 Å². The van der Waals surface area contributed by atoms with Crippen LogP contribution in [0.15, 0.2) is 35.1 Å². The number of benzene rings is 1. The van der Waals surface area contributed by atoms with E-state index >= 15 is 0 Å². The van der Waals surface area contributed by atoms with Crippen LogP contribution >= 0.6 is 0 Å². The maximum atomic E-state index is 11.7. The summed E-state index contributed by atoms with van der Waals surface area (Å²) in [5, 5.41) is 18.8. The van der Waals surface area contributed by atoms with E-state index in [9.17, 15) is 9.90 Å². The van der Waals surface area contributed by atoms with Gasteiger partial charge in [0.1, 0.15) is 5.75 Å². The second-order valence-corrected chi connectivity index (χ2v) is 3.44. The van der Waals surface area contributed by atoms with Gasteiger partial charge in [0.2, 0.25) is 0 Å². The number of nitriles is 1. The minimum atomic E-state index is -0.286. The van der Waals surface area contributed by atoms with Crippen molar-refractivity contribution in [2.75, 3.05) is 0 Å². The summed E-state index contributed by atoms with van der Waals surface area (Å²) in [6.07, 6.45) is 0.272. The van der Waals surface area contributed by atoms with Gasteiger partial charge < -0.3 is 9.67 Å². The lowest BCUT2D eigenvalue weighted by molar-refractivity contribution is 0.478. The Hall–Kier alpha value is -2.28. The fraction of sp³-hybridized carbons (Fsp3) is 0.167. The van der Waals surface area contributed by atoms with Crippen LogP contribution in [0, 0.1) is 11.3 Å². The first-order valence-electron chi connectivity index (χ1n) is 4.92. The first-order chi connectivity index (χ1) is 7.74. The molecule has 16 heavy (non-hydrogen) atoms. The largest absolute Gasteiger partial charge is 0.507 e. The number of fused-ring (bicyclic) bond motifs is 1. The van der Waals surface area contributed by atoms with Crippen molar-refractivity contribution in [3.63, 3.8) is 0 Å². The highest BCUT2D eigenvalue weighted by Gasteiger charge is 2.06. The topological polar surface area (TPSA) is 66.0 Å². The minimum absolute atomic E-state index is 0.0196. The smallest absolute Gasteiger partial charge is 0.254 e. The zero-order valence-corrected chi connectivity index (χ0v) is 8.55. The van der Waals surface area contributed by atoms with E-state index < -0.39 is 0 Å². The molecule has 0 fully saturated rings. The third-order valence-electron chi connectivity index (χ3n) is 2.44. The highest BCUT2D eigenvalue weighted by atomic mass is 16.3. The van der Waals surface area contributed by atoms with Crippen molar-refractivity contribution in [2.45, 2.75) is 13.0 Å². The fourth-order valence-corrected chi connectivity index (χ4v) is 1.71. The minimum Gasteiger partial charge on any atom is -0.507 e. The number of rotatable bonds is 2. The van der Waals surface area contributed by atoms with Crippen LogP contribution in [-0.4, -0.2) is 9.67 Å². The Morgan fingerprint density at radius 3 is 2.88 bits per heavy atom. The van der Waals surface area contributed by atoms with Crippen LogP contribution in [0.3, 0.4) is 0 Å². The summed E-state index contributed by atoms with van der Waals surface area (Å²) in [6.45, 7) is 0.343. The molecule has 0 unspecified atom stereocenters. The lowest BCUT2D eigenvalue weighted by atomic mass is 10.2. The quantitative estimate of drug-likeness (QED) is 0.826. The fourth-order valence-electron chi connectivity index (χ4n) is 1.71. The molecule has 1 heterocycles. The monoisotopic (exact) mass is 214 g/mol. The molecule has 2 rings (SSSR count). The number of para-hydroxylation sites is 1. The molecule has 0 atom stereocenters. The number of nitrogens with zero attached hydrogens (tertiary/aromatic N) is 2. The molecular formula is C12H10N2O2. The van der Waals surface area contributed by atoms with Gasteiger partial charge >= 0.3 is 0 Å². The zero-order chi connectivity index (χ0) is 11.5. The predicted octanol–water partition coefficient (Wildman–Crippen LogP) is 1.62. The number of aryl methyl sites for hydroxylation is 1. The summed E-state index contributed by atoms with van der Waals surface area (Å²) >= 11 is 0. The zero-order valence-electron chi connectivity index (χ0n) is 8.55. The lowest BCUT2D eigenvalue weighted by Crippen LogP contribution is -2.19. The standard InChI is InChI=1S/C12H10N2O2/c13-6-3-7-14-10-5-2-1-4-9(10)11(15)8-12(14)16/h1-2,4-5,8,15H,3,7H2. The van der Waals surface area contributed by atoms with Crippen LogP contribution in [0.5, 0.6) is 5.75 Å². The van der Waals surface area contributed by atoms with Crippen molar-refractivity contribution >= 4 is 10.9 Å². The summed E-state index contributed by atoms with van der Waals surface area (Å²) < 4.78 is 1.50. The Kier molecular flexibility index (Phi) is 2.61. The van der Waals surface area contributed by atoms with E-state index in [1.807, 2.05) is 6.07 Å². The first kappa shape index (κ1) is 10.2. The van der Waals surface area contributed by atoms with E-state index in [0.29, 0.717) is 17.4 Å². The van der Waals surface area contributed by atoms with Gasteiger partial charge in [0.05, 0.1) is 18.0 Å². The normalized spacial score (nSPS) is 10.2. The molecule has 0 radical (unpaired) electrons. The molecule has 0 saturated heterocycles. The second kappa shape index (κ2) is 4.07. The number of aromatic nitrogens is 1. The van der Waals surface area contributed by atoms with E-state index in [4.69, 9.17) is 5.26 Å². The maximum absolute atomic E-state index is 11.7. The summed E-state index contributed by atoms with van der Waals surface area (Å²) in [5.41, 5.74) is 0.370. The molecule has 1 N–H and O–H groups in total. The Balaban J connectivity index is 2.72. The van der Waals surface area contributed by atoms with Crippen LogP contribution in [-0.2, 0) is 6.54 Å². The van der Waals surface area contributed by atoms with Crippen LogP contribution < -0.4 is 5.56 Å². The van der Waals surface area contributed by atoms with Gasteiger partial charge in [-0.15, -0.1) is 0 Å². The molecule has 4 heteroatoms. The van der Waals surface area contributed by atoms with Gasteiger partial charge in [0.15, 0.2) is 0 Å². The highest BCUT2D eigenvalue weighted by molar-refractivity contribution is 5.84. The molecule has 0 aliphatic carbocycles. The van der Waals surface area contributed by atoms with E-state index in [0.717, 1.165) is 0 Å². The van der Waals surface area contributed by atoms with E-state index in [1.165, 1.54) is 10.6 Å². The Labute approximate surface area is 92.0 Å². The van der Waals surface area contributed by atoms with Crippen molar-refractivity contribution in [1.82, 2.24) is 4.57 Å². The molecule has 2 aromatic rings. The van der Waals surface area contributed by atoms with Crippen LogP contribution in [0.4, 0.5) is 0 Å². The summed E-state index contributed by atoms with van der Waals surface area (Å²) in [6, 6.07) is 10.3. The molecule has 0 spiro atoms. The predicted molar refractivity (Wildman–Crippen MR) is 60.1 cm³/mol. The molecule has 1 aromatic heterocycles. The van der Waals surface area contributed by atoms with Crippen LogP contribution in [0.1, 0.15) is 6.42 Å². The average Bonchev–Trinajstić information content (AvgIpc) is 2.29. The highest BCUT2D eigenvalue weighted by Crippen LogP contribution is 2.21. The average molecular weight is 214 g/mol. The SMILES string of the molecule is N#CCCn1c(=O)cc(O)c2ccccc21. The van der Waals surface area contributed by atoms with Gasteiger partial charge in [-0.1, -0.05) is 12.1 Å². The van der Waals surface area contributed by atoms with Crippen molar-refractivity contribution in [3.8, 4) is 11.8 Å². The molecule has 0 amide bonds. The molecule has 0 aliphatic rings.